The Balaban J connectivity index is 1.55. The Morgan fingerprint density at radius 1 is 1.19 bits per heavy atom. The Morgan fingerprint density at radius 3 is 2.69 bits per heavy atom. The van der Waals surface area contributed by atoms with E-state index in [9.17, 15) is 9.18 Å². The molecule has 4 rings (SSSR count). The largest absolute Gasteiger partial charge is 0.295 e. The third-order valence-corrected chi connectivity index (χ3v) is 6.79. The van der Waals surface area contributed by atoms with Crippen molar-refractivity contribution in [2.75, 3.05) is 4.90 Å². The molecule has 0 aliphatic carbocycles. The minimum atomic E-state index is -0.459. The van der Waals surface area contributed by atoms with E-state index < -0.39 is 5.82 Å². The number of thioether (sulfide) groups is 1. The predicted octanol–water partition coefficient (Wildman–Crippen LogP) is 6.57. The molecule has 0 bridgehead atoms. The number of thiazole rings is 1. The number of rotatable bonds is 7. The van der Waals surface area contributed by atoms with Crippen molar-refractivity contribution in [1.29, 1.82) is 0 Å². The van der Waals surface area contributed by atoms with Crippen LogP contribution in [0.4, 0.5) is 15.2 Å². The van der Waals surface area contributed by atoms with E-state index in [1.165, 1.54) is 34.8 Å². The highest BCUT2D eigenvalue weighted by atomic mass is 32.2. The quantitative estimate of drug-likeness (QED) is 0.289. The zero-order chi connectivity index (χ0) is 22.7. The molecule has 0 fully saturated rings. The molecule has 0 radical (unpaired) electrons. The molecule has 32 heavy (non-hydrogen) atoms. The van der Waals surface area contributed by atoms with E-state index in [1.807, 2.05) is 17.6 Å². The lowest BCUT2D eigenvalue weighted by Gasteiger charge is -2.18. The second kappa shape index (κ2) is 9.67. The van der Waals surface area contributed by atoms with Gasteiger partial charge in [-0.25, -0.2) is 14.4 Å². The van der Waals surface area contributed by atoms with Crippen molar-refractivity contribution < 1.29 is 9.18 Å². The number of carbonyl (C=O) groups is 1. The van der Waals surface area contributed by atoms with Gasteiger partial charge in [0, 0.05) is 30.5 Å². The van der Waals surface area contributed by atoms with Gasteiger partial charge in [-0.2, -0.15) is 0 Å². The van der Waals surface area contributed by atoms with Gasteiger partial charge in [0.25, 0.3) is 0 Å². The van der Waals surface area contributed by atoms with Crippen molar-refractivity contribution in [2.24, 2.45) is 0 Å². The van der Waals surface area contributed by atoms with Crippen LogP contribution >= 0.6 is 23.1 Å². The highest BCUT2D eigenvalue weighted by Crippen LogP contribution is 2.33. The van der Waals surface area contributed by atoms with Crippen LogP contribution in [-0.2, 0) is 10.5 Å². The molecule has 0 aliphatic rings. The molecule has 2 heterocycles. The van der Waals surface area contributed by atoms with Gasteiger partial charge >= 0.3 is 0 Å². The summed E-state index contributed by atoms with van der Waals surface area (Å²) in [6.07, 6.45) is 3.76. The maximum Gasteiger partial charge on any atom is 0.230 e. The van der Waals surface area contributed by atoms with E-state index in [1.54, 1.807) is 36.2 Å². The number of imidazole rings is 1. The lowest BCUT2D eigenvalue weighted by Crippen LogP contribution is -2.23. The number of benzene rings is 2. The maximum absolute atomic E-state index is 14.3. The molecule has 8 heteroatoms. The van der Waals surface area contributed by atoms with Gasteiger partial charge in [0.1, 0.15) is 5.82 Å². The first kappa shape index (κ1) is 22.2. The van der Waals surface area contributed by atoms with Gasteiger partial charge < -0.3 is 0 Å². The Morgan fingerprint density at radius 2 is 1.94 bits per heavy atom. The average molecular weight is 467 g/mol. The highest BCUT2D eigenvalue weighted by molar-refractivity contribution is 7.98. The fourth-order valence-electron chi connectivity index (χ4n) is 3.42. The smallest absolute Gasteiger partial charge is 0.230 e. The summed E-state index contributed by atoms with van der Waals surface area (Å²) in [5.74, 6) is 0.230. The third kappa shape index (κ3) is 4.61. The van der Waals surface area contributed by atoms with Crippen molar-refractivity contribution in [2.45, 2.75) is 37.6 Å². The topological polar surface area (TPSA) is 51.0 Å². The molecule has 0 N–H and O–H groups in total. The summed E-state index contributed by atoms with van der Waals surface area (Å²) in [4.78, 5) is 22.7. The molecular formula is C24H23FN4OS2. The molecule has 0 unspecified atom stereocenters. The van der Waals surface area contributed by atoms with Crippen LogP contribution in [0.5, 0.6) is 0 Å². The molecule has 4 aromatic rings. The molecule has 2 aromatic carbocycles. The Hall–Kier alpha value is -2.97. The summed E-state index contributed by atoms with van der Waals surface area (Å²) in [6, 6.07) is 14.5. The standard InChI is InChI=1S/C24H23FN4OS2/c1-16(2)19-8-4-6-10-21(19)28-13-12-26-23(28)31-14-18-15-32-24(27-18)29(17(3)30)22-11-7-5-9-20(22)25/h4-13,15-16H,14H2,1-3H3. The lowest BCUT2D eigenvalue weighted by atomic mass is 10.0. The van der Waals surface area contributed by atoms with E-state index in [2.05, 4.69) is 46.6 Å². The van der Waals surface area contributed by atoms with Gasteiger partial charge in [0.15, 0.2) is 10.3 Å². The molecule has 0 saturated carbocycles. The Labute approximate surface area is 195 Å². The molecule has 5 nitrogen and oxygen atoms in total. The predicted molar refractivity (Wildman–Crippen MR) is 129 cm³/mol. The number of para-hydroxylation sites is 2. The first-order valence-corrected chi connectivity index (χ1v) is 12.1. The molecule has 2 aromatic heterocycles. The van der Waals surface area contributed by atoms with Gasteiger partial charge in [-0.15, -0.1) is 11.3 Å². The highest BCUT2D eigenvalue weighted by Gasteiger charge is 2.21. The average Bonchev–Trinajstić information content (AvgIpc) is 3.43. The Kier molecular flexibility index (Phi) is 6.72. The number of nitrogens with zero attached hydrogens (tertiary/aromatic N) is 4. The minimum Gasteiger partial charge on any atom is -0.295 e. The van der Waals surface area contributed by atoms with Crippen LogP contribution < -0.4 is 4.90 Å². The number of hydrogen-bond acceptors (Lipinski definition) is 5. The van der Waals surface area contributed by atoms with Crippen LogP contribution in [0.25, 0.3) is 5.69 Å². The minimum absolute atomic E-state index is 0.203. The van der Waals surface area contributed by atoms with Crippen molar-refractivity contribution in [1.82, 2.24) is 14.5 Å². The number of anilines is 2. The normalized spacial score (nSPS) is 11.2. The molecule has 0 saturated heterocycles. The summed E-state index contributed by atoms with van der Waals surface area (Å²) < 4.78 is 16.4. The molecular weight excluding hydrogens is 443 g/mol. The molecule has 0 atom stereocenters. The van der Waals surface area contributed by atoms with Crippen LogP contribution in [-0.4, -0.2) is 20.4 Å². The maximum atomic E-state index is 14.3. The second-order valence-electron chi connectivity index (χ2n) is 7.51. The first-order valence-electron chi connectivity index (χ1n) is 10.2. The summed E-state index contributed by atoms with van der Waals surface area (Å²) in [5.41, 5.74) is 3.38. The van der Waals surface area contributed by atoms with Crippen LogP contribution in [0, 0.1) is 5.82 Å². The molecule has 1 amide bonds. The van der Waals surface area contributed by atoms with Gasteiger partial charge in [-0.05, 0) is 29.7 Å². The number of aromatic nitrogens is 3. The summed E-state index contributed by atoms with van der Waals surface area (Å²) in [6.45, 7) is 5.76. The number of amides is 1. The van der Waals surface area contributed by atoms with E-state index in [-0.39, 0.29) is 11.6 Å². The third-order valence-electron chi connectivity index (χ3n) is 4.91. The number of halogens is 1. The van der Waals surface area contributed by atoms with Gasteiger partial charge in [-0.3, -0.25) is 14.3 Å². The Bertz CT molecular complexity index is 1230. The molecule has 0 aliphatic heterocycles. The van der Waals surface area contributed by atoms with Crippen molar-refractivity contribution in [3.63, 3.8) is 0 Å². The fourth-order valence-corrected chi connectivity index (χ4v) is 5.26. The first-order chi connectivity index (χ1) is 15.5. The molecule has 164 valence electrons. The SMILES string of the molecule is CC(=O)N(c1nc(CSc2nccn2-c2ccccc2C(C)C)cs1)c1ccccc1F. The van der Waals surface area contributed by atoms with Crippen LogP contribution in [0.3, 0.4) is 0 Å². The van der Waals surface area contributed by atoms with Crippen LogP contribution in [0.1, 0.15) is 37.9 Å². The number of hydrogen-bond donors (Lipinski definition) is 0. The summed E-state index contributed by atoms with van der Waals surface area (Å²) in [7, 11) is 0. The van der Waals surface area contributed by atoms with Crippen LogP contribution in [0.2, 0.25) is 0 Å². The van der Waals surface area contributed by atoms with E-state index in [4.69, 9.17) is 0 Å². The fraction of sp³-hybridized carbons (Fsp3) is 0.208. The second-order valence-corrected chi connectivity index (χ2v) is 9.29. The molecule has 0 spiro atoms. The zero-order valence-electron chi connectivity index (χ0n) is 18.0. The van der Waals surface area contributed by atoms with Gasteiger partial charge in [0.05, 0.1) is 17.1 Å². The van der Waals surface area contributed by atoms with Crippen molar-refractivity contribution in [3.05, 3.63) is 83.4 Å². The zero-order valence-corrected chi connectivity index (χ0v) is 19.7. The van der Waals surface area contributed by atoms with Crippen molar-refractivity contribution in [3.8, 4) is 5.69 Å². The number of carbonyl (C=O) groups excluding carboxylic acids is 1. The van der Waals surface area contributed by atoms with Gasteiger partial charge in [-0.1, -0.05) is 55.9 Å². The van der Waals surface area contributed by atoms with E-state index >= 15 is 0 Å². The van der Waals surface area contributed by atoms with Gasteiger partial charge in [0.2, 0.25) is 5.91 Å². The summed E-state index contributed by atoms with van der Waals surface area (Å²) in [5, 5.41) is 3.21. The van der Waals surface area contributed by atoms with Crippen molar-refractivity contribution >= 4 is 39.8 Å². The van der Waals surface area contributed by atoms with E-state index in [0.717, 1.165) is 16.5 Å². The van der Waals surface area contributed by atoms with Crippen LogP contribution in [0.15, 0.2) is 71.5 Å². The monoisotopic (exact) mass is 466 g/mol. The summed E-state index contributed by atoms with van der Waals surface area (Å²) >= 11 is 2.89. The lowest BCUT2D eigenvalue weighted by molar-refractivity contribution is -0.115. The van der Waals surface area contributed by atoms with E-state index in [0.29, 0.717) is 16.8 Å².